The van der Waals surface area contributed by atoms with Crippen molar-refractivity contribution >= 4 is 28.2 Å². The van der Waals surface area contributed by atoms with Crippen molar-refractivity contribution in [3.63, 3.8) is 0 Å². The molecule has 1 aromatic carbocycles. The number of nitrogens with zero attached hydrogens (tertiary/aromatic N) is 7. The third-order valence-electron chi connectivity index (χ3n) is 6.40. The number of carbonyl (C=O) groups is 1. The van der Waals surface area contributed by atoms with E-state index in [1.807, 2.05) is 0 Å². The molecule has 0 N–H and O–H groups in total. The Kier molecular flexibility index (Phi) is 9.15. The average molecular weight is 570 g/mol. The van der Waals surface area contributed by atoms with Crippen LogP contribution in [-0.4, -0.2) is 94.3 Å². The van der Waals surface area contributed by atoms with Crippen molar-refractivity contribution < 1.29 is 17.9 Å². The first-order valence-electron chi connectivity index (χ1n) is 12.1. The topological polar surface area (TPSA) is 123 Å². The van der Waals surface area contributed by atoms with E-state index in [0.29, 0.717) is 49.9 Å². The van der Waals surface area contributed by atoms with E-state index in [2.05, 4.69) is 24.8 Å². The summed E-state index contributed by atoms with van der Waals surface area (Å²) in [6, 6.07) is 10.3. The van der Waals surface area contributed by atoms with E-state index in [9.17, 15) is 13.2 Å². The molecular formula is C26H28ClN7O4S. The first kappa shape index (κ1) is 28.5. The van der Waals surface area contributed by atoms with Crippen LogP contribution in [0, 0.1) is 0 Å². The number of methoxy groups -OCH3 is 1. The maximum Gasteiger partial charge on any atom is 0.260 e. The lowest BCUT2D eigenvalue weighted by molar-refractivity contribution is 0.103. The van der Waals surface area contributed by atoms with Gasteiger partial charge in [0.1, 0.15) is 6.33 Å². The first-order valence-corrected chi connectivity index (χ1v) is 13.5. The molecular weight excluding hydrogens is 542 g/mol. The number of imidazole rings is 1. The number of rotatable bonds is 9. The largest absolute Gasteiger partial charge is 0.383 e. The highest BCUT2D eigenvalue weighted by Gasteiger charge is 2.29. The molecule has 1 saturated heterocycles. The van der Waals surface area contributed by atoms with Gasteiger partial charge in [-0.2, -0.15) is 4.31 Å². The zero-order chi connectivity index (χ0) is 26.5. The number of sulfonamides is 1. The summed E-state index contributed by atoms with van der Waals surface area (Å²) in [5.74, 6) is 0.229. The number of halogens is 1. The number of aromatic nitrogens is 5. The lowest BCUT2D eigenvalue weighted by Gasteiger charge is -2.33. The molecule has 204 valence electrons. The minimum absolute atomic E-state index is 0. The summed E-state index contributed by atoms with van der Waals surface area (Å²) in [6.07, 6.45) is 9.44. The van der Waals surface area contributed by atoms with Gasteiger partial charge in [0.2, 0.25) is 5.95 Å². The highest BCUT2D eigenvalue weighted by Crippen LogP contribution is 2.23. The molecule has 11 nitrogen and oxygen atoms in total. The summed E-state index contributed by atoms with van der Waals surface area (Å²) >= 11 is 0. The molecule has 1 aliphatic heterocycles. The molecule has 0 unspecified atom stereocenters. The maximum atomic E-state index is 13.1. The predicted molar refractivity (Wildman–Crippen MR) is 147 cm³/mol. The van der Waals surface area contributed by atoms with Gasteiger partial charge in [-0.15, -0.1) is 12.4 Å². The van der Waals surface area contributed by atoms with Gasteiger partial charge in [0.05, 0.1) is 12.2 Å². The van der Waals surface area contributed by atoms with Crippen LogP contribution in [0.15, 0.2) is 78.7 Å². The van der Waals surface area contributed by atoms with Crippen LogP contribution < -0.4 is 0 Å². The molecule has 3 aromatic heterocycles. The highest BCUT2D eigenvalue weighted by atomic mass is 35.5. The smallest absolute Gasteiger partial charge is 0.260 e. The lowest BCUT2D eigenvalue weighted by atomic mass is 10.0. The zero-order valence-electron chi connectivity index (χ0n) is 21.3. The second-order valence-electron chi connectivity index (χ2n) is 8.77. The number of ether oxygens (including phenoxy) is 1. The fourth-order valence-electron chi connectivity index (χ4n) is 4.18. The average Bonchev–Trinajstić information content (AvgIpc) is 3.51. The SMILES string of the molecule is COCCN1CCN(S(=O)(=O)c2ccc(-c3ccc(C(=O)c4cnc(-n5ccnc5)nc4)cc3)cn2)CC1.Cl. The fraction of sp³-hybridized carbons (Fsp3) is 0.269. The van der Waals surface area contributed by atoms with Crippen LogP contribution in [-0.2, 0) is 14.8 Å². The molecule has 0 atom stereocenters. The molecule has 0 radical (unpaired) electrons. The normalized spacial score (nSPS) is 14.6. The molecule has 39 heavy (non-hydrogen) atoms. The number of pyridine rings is 1. The van der Waals surface area contributed by atoms with Gasteiger partial charge in [-0.05, 0) is 17.7 Å². The van der Waals surface area contributed by atoms with E-state index in [-0.39, 0.29) is 23.2 Å². The highest BCUT2D eigenvalue weighted by molar-refractivity contribution is 7.89. The summed E-state index contributed by atoms with van der Waals surface area (Å²) < 4.78 is 34.4. The molecule has 1 fully saturated rings. The number of benzene rings is 1. The van der Waals surface area contributed by atoms with Crippen LogP contribution in [0.1, 0.15) is 15.9 Å². The maximum absolute atomic E-state index is 13.1. The number of piperazine rings is 1. The minimum Gasteiger partial charge on any atom is -0.383 e. The summed E-state index contributed by atoms with van der Waals surface area (Å²) in [4.78, 5) is 31.7. The third-order valence-corrected chi connectivity index (χ3v) is 8.21. The standard InChI is InChI=1S/C26H27N7O4S.ClH/c1-37-15-14-31-10-12-33(13-11-31)38(35,36)24-7-6-22(16-28-24)20-2-4-21(5-3-20)25(34)23-17-29-26(30-18-23)32-9-8-27-19-32;/h2-9,16-19H,10-15H2,1H3;1H. The molecule has 1 aliphatic rings. The van der Waals surface area contributed by atoms with E-state index in [4.69, 9.17) is 4.74 Å². The van der Waals surface area contributed by atoms with Crippen LogP contribution >= 0.6 is 12.4 Å². The molecule has 0 saturated carbocycles. The molecule has 0 spiro atoms. The number of carbonyl (C=O) groups excluding carboxylic acids is 1. The number of hydrogen-bond acceptors (Lipinski definition) is 9. The molecule has 4 aromatic rings. The van der Waals surface area contributed by atoms with Crippen LogP contribution in [0.2, 0.25) is 0 Å². The Labute approximate surface area is 233 Å². The van der Waals surface area contributed by atoms with Gasteiger partial charge in [-0.3, -0.25) is 14.3 Å². The van der Waals surface area contributed by atoms with Gasteiger partial charge >= 0.3 is 0 Å². The summed E-state index contributed by atoms with van der Waals surface area (Å²) in [5, 5.41) is 0.0255. The predicted octanol–water partition coefficient (Wildman–Crippen LogP) is 2.33. The van der Waals surface area contributed by atoms with Crippen molar-refractivity contribution in [3.8, 4) is 17.1 Å². The van der Waals surface area contributed by atoms with Crippen LogP contribution in [0.3, 0.4) is 0 Å². The molecule has 13 heteroatoms. The quantitative estimate of drug-likeness (QED) is 0.279. The van der Waals surface area contributed by atoms with Gasteiger partial charge in [-0.25, -0.2) is 28.4 Å². The van der Waals surface area contributed by atoms with Gasteiger partial charge in [-0.1, -0.05) is 24.3 Å². The Bertz CT molecular complexity index is 1470. The van der Waals surface area contributed by atoms with Crippen molar-refractivity contribution in [2.24, 2.45) is 0 Å². The van der Waals surface area contributed by atoms with Crippen LogP contribution in [0.25, 0.3) is 17.1 Å². The minimum atomic E-state index is -3.67. The van der Waals surface area contributed by atoms with Crippen molar-refractivity contribution in [1.29, 1.82) is 0 Å². The second-order valence-corrected chi connectivity index (χ2v) is 10.7. The van der Waals surface area contributed by atoms with Crippen molar-refractivity contribution in [3.05, 3.63) is 84.8 Å². The number of ketones is 1. The monoisotopic (exact) mass is 569 g/mol. The van der Waals surface area contributed by atoms with E-state index >= 15 is 0 Å². The molecule has 4 heterocycles. The van der Waals surface area contributed by atoms with Crippen molar-refractivity contribution in [2.45, 2.75) is 5.03 Å². The van der Waals surface area contributed by atoms with Crippen LogP contribution in [0.5, 0.6) is 0 Å². The summed E-state index contributed by atoms with van der Waals surface area (Å²) in [5.41, 5.74) is 2.43. The van der Waals surface area contributed by atoms with Gasteiger partial charge in [0.15, 0.2) is 10.8 Å². The summed E-state index contributed by atoms with van der Waals surface area (Å²) in [6.45, 7) is 3.57. The molecule has 0 aliphatic carbocycles. The Hall–Kier alpha value is -3.55. The second kappa shape index (κ2) is 12.5. The van der Waals surface area contributed by atoms with E-state index in [1.165, 1.54) is 22.8 Å². The van der Waals surface area contributed by atoms with E-state index < -0.39 is 10.0 Å². The lowest BCUT2D eigenvalue weighted by Crippen LogP contribution is -2.49. The number of hydrogen-bond donors (Lipinski definition) is 0. The van der Waals surface area contributed by atoms with Gasteiger partial charge < -0.3 is 4.74 Å². The first-order chi connectivity index (χ1) is 18.5. The van der Waals surface area contributed by atoms with Crippen LogP contribution in [0.4, 0.5) is 0 Å². The molecule has 5 rings (SSSR count). The Balaban J connectivity index is 0.00000353. The van der Waals surface area contributed by atoms with Crippen molar-refractivity contribution in [2.75, 3.05) is 46.4 Å². The molecule has 0 amide bonds. The zero-order valence-corrected chi connectivity index (χ0v) is 22.9. The third kappa shape index (κ3) is 6.37. The molecule has 0 bridgehead atoms. The summed E-state index contributed by atoms with van der Waals surface area (Å²) in [7, 11) is -2.01. The van der Waals surface area contributed by atoms with E-state index in [1.54, 1.807) is 66.9 Å². The Morgan fingerprint density at radius 3 is 2.18 bits per heavy atom. The van der Waals surface area contributed by atoms with Gasteiger partial charge in [0.25, 0.3) is 10.0 Å². The Morgan fingerprint density at radius 2 is 1.59 bits per heavy atom. The van der Waals surface area contributed by atoms with E-state index in [0.717, 1.165) is 17.7 Å². The van der Waals surface area contributed by atoms with Gasteiger partial charge in [0, 0.05) is 81.9 Å². The fourth-order valence-corrected chi connectivity index (χ4v) is 5.51. The van der Waals surface area contributed by atoms with Crippen molar-refractivity contribution in [1.82, 2.24) is 33.7 Å². The Morgan fingerprint density at radius 1 is 0.897 bits per heavy atom.